The molecule has 1 aromatic carbocycles. The molecule has 3 rings (SSSR count). The predicted octanol–water partition coefficient (Wildman–Crippen LogP) is 2.26. The summed E-state index contributed by atoms with van der Waals surface area (Å²) >= 11 is 0. The van der Waals surface area contributed by atoms with Crippen LogP contribution < -0.4 is 10.2 Å². The molecular weight excluding hydrogens is 320 g/mol. The molecule has 0 radical (unpaired) electrons. The topological polar surface area (TPSA) is 78.7 Å². The zero-order valence-electron chi connectivity index (χ0n) is 12.9. The Balaban J connectivity index is 0.00000192. The van der Waals surface area contributed by atoms with Crippen molar-refractivity contribution in [1.29, 1.82) is 0 Å². The molecule has 126 valence electrons. The molecule has 2 heterocycles. The lowest BCUT2D eigenvalue weighted by atomic mass is 10.1. The van der Waals surface area contributed by atoms with Gasteiger partial charge in [-0.15, -0.1) is 12.4 Å². The number of likely N-dealkylation sites (tertiary alicyclic amines) is 1. The average molecular weight is 341 g/mol. The van der Waals surface area contributed by atoms with Crippen LogP contribution in [0.5, 0.6) is 0 Å². The molecule has 0 unspecified atom stereocenters. The minimum absolute atomic E-state index is 0. The zero-order chi connectivity index (χ0) is 15.5. The number of nitrogens with one attached hydrogen (secondary N) is 1. The van der Waals surface area contributed by atoms with Gasteiger partial charge in [0.15, 0.2) is 0 Å². The monoisotopic (exact) mass is 340 g/mol. The van der Waals surface area contributed by atoms with Crippen molar-refractivity contribution in [3.05, 3.63) is 28.3 Å². The summed E-state index contributed by atoms with van der Waals surface area (Å²) in [5.41, 5.74) is 1.39. The first-order valence-electron chi connectivity index (χ1n) is 7.69. The van der Waals surface area contributed by atoms with E-state index in [1.54, 1.807) is 6.07 Å². The predicted molar refractivity (Wildman–Crippen MR) is 91.5 cm³/mol. The first-order chi connectivity index (χ1) is 10.6. The number of amides is 1. The number of piperidine rings is 1. The summed E-state index contributed by atoms with van der Waals surface area (Å²) in [4.78, 5) is 26.7. The van der Waals surface area contributed by atoms with Crippen LogP contribution in [0.3, 0.4) is 0 Å². The Hall–Kier alpha value is -1.86. The van der Waals surface area contributed by atoms with E-state index < -0.39 is 4.92 Å². The van der Waals surface area contributed by atoms with E-state index >= 15 is 0 Å². The van der Waals surface area contributed by atoms with Crippen LogP contribution in [0.2, 0.25) is 0 Å². The van der Waals surface area contributed by atoms with Crippen LogP contribution in [0, 0.1) is 10.1 Å². The Morgan fingerprint density at radius 1 is 1.17 bits per heavy atom. The molecule has 2 aliphatic rings. The van der Waals surface area contributed by atoms with Crippen molar-refractivity contribution in [2.45, 2.75) is 19.3 Å². The third-order valence-electron chi connectivity index (χ3n) is 4.28. The minimum Gasteiger partial charge on any atom is -0.359 e. The van der Waals surface area contributed by atoms with E-state index in [1.807, 2.05) is 4.90 Å². The molecule has 1 fully saturated rings. The SMILES string of the molecule is Cl.O=C1CN(CCN2CCCCC2)c2ccc([N+](=O)[O-])cc2N1. The second kappa shape index (κ2) is 7.61. The van der Waals surface area contributed by atoms with Crippen molar-refractivity contribution in [2.75, 3.05) is 42.9 Å². The van der Waals surface area contributed by atoms with Gasteiger partial charge in [0.1, 0.15) is 0 Å². The van der Waals surface area contributed by atoms with Crippen LogP contribution in [-0.4, -0.2) is 48.5 Å². The van der Waals surface area contributed by atoms with Gasteiger partial charge in [0.2, 0.25) is 5.91 Å². The van der Waals surface area contributed by atoms with Crippen LogP contribution in [0.25, 0.3) is 0 Å². The highest BCUT2D eigenvalue weighted by Gasteiger charge is 2.24. The number of anilines is 2. The number of carbonyl (C=O) groups is 1. The molecule has 1 N–H and O–H groups in total. The third kappa shape index (κ3) is 4.11. The summed E-state index contributed by atoms with van der Waals surface area (Å²) in [6.45, 7) is 4.22. The largest absolute Gasteiger partial charge is 0.359 e. The zero-order valence-corrected chi connectivity index (χ0v) is 13.7. The smallest absolute Gasteiger partial charge is 0.271 e. The number of nitrogens with zero attached hydrogens (tertiary/aromatic N) is 3. The maximum absolute atomic E-state index is 11.8. The summed E-state index contributed by atoms with van der Waals surface area (Å²) < 4.78 is 0. The summed E-state index contributed by atoms with van der Waals surface area (Å²) in [6.07, 6.45) is 3.78. The fraction of sp³-hybridized carbons (Fsp3) is 0.533. The molecule has 23 heavy (non-hydrogen) atoms. The van der Waals surface area contributed by atoms with Crippen molar-refractivity contribution in [2.24, 2.45) is 0 Å². The third-order valence-corrected chi connectivity index (χ3v) is 4.28. The number of hydrogen-bond donors (Lipinski definition) is 1. The average Bonchev–Trinajstić information content (AvgIpc) is 2.52. The van der Waals surface area contributed by atoms with Gasteiger partial charge in [-0.2, -0.15) is 0 Å². The van der Waals surface area contributed by atoms with Gasteiger partial charge in [-0.25, -0.2) is 0 Å². The number of benzene rings is 1. The number of non-ortho nitro benzene ring substituents is 1. The molecule has 0 bridgehead atoms. The van der Waals surface area contributed by atoms with E-state index in [0.717, 1.165) is 31.9 Å². The van der Waals surface area contributed by atoms with E-state index in [1.165, 1.54) is 31.4 Å². The molecule has 0 aliphatic carbocycles. The molecule has 8 heteroatoms. The lowest BCUT2D eigenvalue weighted by Gasteiger charge is -2.34. The van der Waals surface area contributed by atoms with Crippen LogP contribution in [0.4, 0.5) is 17.1 Å². The lowest BCUT2D eigenvalue weighted by molar-refractivity contribution is -0.384. The normalized spacial score (nSPS) is 17.9. The molecule has 1 amide bonds. The Kier molecular flexibility index (Phi) is 5.79. The van der Waals surface area contributed by atoms with E-state index in [-0.39, 0.29) is 24.0 Å². The highest BCUT2D eigenvalue weighted by Crippen LogP contribution is 2.32. The van der Waals surface area contributed by atoms with Gasteiger partial charge >= 0.3 is 0 Å². The van der Waals surface area contributed by atoms with E-state index in [9.17, 15) is 14.9 Å². The van der Waals surface area contributed by atoms with Crippen LogP contribution >= 0.6 is 12.4 Å². The Bertz CT molecular complexity index is 590. The number of nitro benzene ring substituents is 1. The summed E-state index contributed by atoms with van der Waals surface area (Å²) in [5, 5.41) is 13.6. The van der Waals surface area contributed by atoms with Gasteiger partial charge in [0.05, 0.1) is 22.8 Å². The second-order valence-electron chi connectivity index (χ2n) is 5.83. The number of halogens is 1. The van der Waals surface area contributed by atoms with E-state index in [0.29, 0.717) is 12.2 Å². The number of nitro groups is 1. The minimum atomic E-state index is -0.445. The van der Waals surface area contributed by atoms with Gasteiger partial charge in [-0.05, 0) is 32.0 Å². The maximum Gasteiger partial charge on any atom is 0.271 e. The first-order valence-corrected chi connectivity index (χ1v) is 7.69. The number of fused-ring (bicyclic) bond motifs is 1. The van der Waals surface area contributed by atoms with Crippen molar-refractivity contribution < 1.29 is 9.72 Å². The number of rotatable bonds is 4. The summed E-state index contributed by atoms with van der Waals surface area (Å²) in [6, 6.07) is 4.65. The molecule has 0 spiro atoms. The highest BCUT2D eigenvalue weighted by atomic mass is 35.5. The van der Waals surface area contributed by atoms with Crippen molar-refractivity contribution in [3.8, 4) is 0 Å². The standard InChI is InChI=1S/C15H20N4O3.ClH/c20-15-11-18(9-8-17-6-2-1-3-7-17)14-5-4-12(19(21)22)10-13(14)16-15;/h4-5,10H,1-3,6-9,11H2,(H,16,20);1H. The quantitative estimate of drug-likeness (QED) is 0.672. The summed E-state index contributed by atoms with van der Waals surface area (Å²) in [5.74, 6) is -0.119. The Morgan fingerprint density at radius 3 is 2.61 bits per heavy atom. The Morgan fingerprint density at radius 2 is 1.91 bits per heavy atom. The van der Waals surface area contributed by atoms with Gasteiger partial charge < -0.3 is 15.1 Å². The molecular formula is C15H21ClN4O3. The van der Waals surface area contributed by atoms with Crippen molar-refractivity contribution in [1.82, 2.24) is 4.90 Å². The highest BCUT2D eigenvalue weighted by molar-refractivity contribution is 6.01. The van der Waals surface area contributed by atoms with E-state index in [2.05, 4.69) is 10.2 Å². The molecule has 0 atom stereocenters. The first kappa shape index (κ1) is 17.5. The summed E-state index contributed by atoms with van der Waals surface area (Å²) in [7, 11) is 0. The van der Waals surface area contributed by atoms with Crippen LogP contribution in [0.1, 0.15) is 19.3 Å². The Labute approximate surface area is 141 Å². The fourth-order valence-corrected chi connectivity index (χ4v) is 3.11. The van der Waals surface area contributed by atoms with Gasteiger partial charge in [-0.1, -0.05) is 6.42 Å². The number of hydrogen-bond acceptors (Lipinski definition) is 5. The van der Waals surface area contributed by atoms with Gasteiger partial charge in [0, 0.05) is 25.2 Å². The molecule has 2 aliphatic heterocycles. The van der Waals surface area contributed by atoms with Gasteiger partial charge in [-0.3, -0.25) is 14.9 Å². The van der Waals surface area contributed by atoms with Crippen molar-refractivity contribution >= 4 is 35.4 Å². The maximum atomic E-state index is 11.8. The lowest BCUT2D eigenvalue weighted by Crippen LogP contribution is -2.43. The molecule has 0 saturated carbocycles. The van der Waals surface area contributed by atoms with Crippen molar-refractivity contribution in [3.63, 3.8) is 0 Å². The molecule has 0 aromatic heterocycles. The molecule has 1 saturated heterocycles. The van der Waals surface area contributed by atoms with Gasteiger partial charge in [0.25, 0.3) is 5.69 Å². The second-order valence-corrected chi connectivity index (χ2v) is 5.83. The van der Waals surface area contributed by atoms with E-state index in [4.69, 9.17) is 0 Å². The molecule has 1 aromatic rings. The fourth-order valence-electron chi connectivity index (χ4n) is 3.11. The van der Waals surface area contributed by atoms with Crippen LogP contribution in [-0.2, 0) is 4.79 Å². The molecule has 7 nitrogen and oxygen atoms in total. The van der Waals surface area contributed by atoms with Crippen LogP contribution in [0.15, 0.2) is 18.2 Å². The number of carbonyl (C=O) groups excluding carboxylic acids is 1.